The van der Waals surface area contributed by atoms with Gasteiger partial charge in [-0.3, -0.25) is 14.9 Å². The molecule has 2 N–H and O–H groups in total. The van der Waals surface area contributed by atoms with Gasteiger partial charge in [-0.1, -0.05) is 34.0 Å². The van der Waals surface area contributed by atoms with E-state index in [0.717, 1.165) is 10.0 Å². The van der Waals surface area contributed by atoms with Crippen LogP contribution < -0.4 is 15.4 Å². The zero-order valence-electron chi connectivity index (χ0n) is 16.1. The van der Waals surface area contributed by atoms with Gasteiger partial charge in [0.2, 0.25) is 0 Å². The zero-order chi connectivity index (χ0) is 21.3. The summed E-state index contributed by atoms with van der Waals surface area (Å²) in [4.78, 5) is 39.3. The SMILES string of the molecule is CC#CCOc1ccc2c(c1)CN(C[C@@]1(c3ccc(Br)cc3)NC(=O)NC1=O)C2=O. The van der Waals surface area contributed by atoms with Crippen molar-refractivity contribution in [2.24, 2.45) is 0 Å². The van der Waals surface area contributed by atoms with Crippen LogP contribution >= 0.6 is 15.9 Å². The third-order valence-electron chi connectivity index (χ3n) is 5.15. The number of halogens is 1. The topological polar surface area (TPSA) is 87.7 Å². The first-order valence-corrected chi connectivity index (χ1v) is 10.1. The molecule has 2 aromatic carbocycles. The molecule has 0 bridgehead atoms. The van der Waals surface area contributed by atoms with E-state index in [2.05, 4.69) is 38.4 Å². The Labute approximate surface area is 181 Å². The highest BCUT2D eigenvalue weighted by molar-refractivity contribution is 9.10. The lowest BCUT2D eigenvalue weighted by molar-refractivity contribution is -0.124. The summed E-state index contributed by atoms with van der Waals surface area (Å²) in [6, 6.07) is 11.8. The first-order valence-electron chi connectivity index (χ1n) is 9.27. The van der Waals surface area contributed by atoms with Crippen LogP contribution in [0.2, 0.25) is 0 Å². The Morgan fingerprint density at radius 1 is 1.17 bits per heavy atom. The second kappa shape index (κ2) is 7.84. The van der Waals surface area contributed by atoms with Gasteiger partial charge in [0.15, 0.2) is 5.54 Å². The Balaban J connectivity index is 1.61. The van der Waals surface area contributed by atoms with E-state index in [1.807, 2.05) is 6.07 Å². The number of amides is 4. The van der Waals surface area contributed by atoms with Crippen molar-refractivity contribution in [3.05, 3.63) is 63.6 Å². The molecule has 0 aromatic heterocycles. The summed E-state index contributed by atoms with van der Waals surface area (Å²) in [5.74, 6) is 5.53. The van der Waals surface area contributed by atoms with Crippen LogP contribution in [0.5, 0.6) is 5.75 Å². The minimum Gasteiger partial charge on any atom is -0.481 e. The van der Waals surface area contributed by atoms with Crippen molar-refractivity contribution in [2.45, 2.75) is 19.0 Å². The number of nitrogens with zero attached hydrogens (tertiary/aromatic N) is 1. The summed E-state index contributed by atoms with van der Waals surface area (Å²) >= 11 is 3.37. The van der Waals surface area contributed by atoms with Crippen LogP contribution in [-0.2, 0) is 16.9 Å². The molecule has 7 nitrogen and oxygen atoms in total. The molecule has 0 spiro atoms. The van der Waals surface area contributed by atoms with Crippen molar-refractivity contribution in [3.63, 3.8) is 0 Å². The van der Waals surface area contributed by atoms with Gasteiger partial charge in [-0.15, -0.1) is 5.92 Å². The highest BCUT2D eigenvalue weighted by Crippen LogP contribution is 2.33. The molecule has 4 amide bonds. The molecule has 0 saturated carbocycles. The summed E-state index contributed by atoms with van der Waals surface area (Å²) < 4.78 is 6.42. The van der Waals surface area contributed by atoms with Gasteiger partial charge < -0.3 is 15.0 Å². The molecular formula is C22H18BrN3O4. The normalized spacial score (nSPS) is 19.7. The number of rotatable bonds is 5. The standard InChI is InChI=1S/C22H18BrN3O4/c1-2-3-10-30-17-8-9-18-14(11-17)12-26(19(18)27)13-22(20(28)24-21(29)25-22)15-4-6-16(23)7-5-15/h4-9,11H,10,12-13H2,1H3,(H2,24,25,28,29)/t22-/m0/s1. The number of hydrogen-bond donors (Lipinski definition) is 2. The number of fused-ring (bicyclic) bond motifs is 1. The van der Waals surface area contributed by atoms with Crippen molar-refractivity contribution in [1.29, 1.82) is 0 Å². The summed E-state index contributed by atoms with van der Waals surface area (Å²) in [5.41, 5.74) is 0.600. The molecule has 2 heterocycles. The van der Waals surface area contributed by atoms with Crippen molar-refractivity contribution < 1.29 is 19.1 Å². The minimum absolute atomic E-state index is 0.0111. The molecule has 2 aliphatic rings. The van der Waals surface area contributed by atoms with Crippen molar-refractivity contribution in [3.8, 4) is 17.6 Å². The fraction of sp³-hybridized carbons (Fsp3) is 0.227. The maximum Gasteiger partial charge on any atom is 0.322 e. The summed E-state index contributed by atoms with van der Waals surface area (Å²) in [7, 11) is 0. The lowest BCUT2D eigenvalue weighted by Crippen LogP contribution is -2.52. The molecule has 30 heavy (non-hydrogen) atoms. The van der Waals surface area contributed by atoms with Crippen molar-refractivity contribution >= 4 is 33.8 Å². The van der Waals surface area contributed by atoms with E-state index in [-0.39, 0.29) is 19.1 Å². The van der Waals surface area contributed by atoms with Gasteiger partial charge in [0, 0.05) is 16.6 Å². The Bertz CT molecular complexity index is 1100. The maximum absolute atomic E-state index is 13.0. The molecule has 0 radical (unpaired) electrons. The van der Waals surface area contributed by atoms with E-state index in [1.54, 1.807) is 48.2 Å². The number of nitrogens with one attached hydrogen (secondary N) is 2. The number of hydrogen-bond acceptors (Lipinski definition) is 4. The van der Waals surface area contributed by atoms with Gasteiger partial charge in [-0.05, 0) is 48.4 Å². The van der Waals surface area contributed by atoms with Crippen LogP contribution in [0.15, 0.2) is 46.9 Å². The molecule has 8 heteroatoms. The number of carbonyl (C=O) groups is 3. The highest BCUT2D eigenvalue weighted by atomic mass is 79.9. The average molecular weight is 468 g/mol. The molecule has 1 saturated heterocycles. The molecule has 2 aromatic rings. The van der Waals surface area contributed by atoms with E-state index in [0.29, 0.717) is 23.4 Å². The molecule has 1 atom stereocenters. The van der Waals surface area contributed by atoms with Crippen LogP contribution in [0.1, 0.15) is 28.4 Å². The lowest BCUT2D eigenvalue weighted by atomic mass is 9.89. The highest BCUT2D eigenvalue weighted by Gasteiger charge is 2.50. The van der Waals surface area contributed by atoms with Crippen LogP contribution in [0.4, 0.5) is 4.79 Å². The number of imide groups is 1. The fourth-order valence-corrected chi connectivity index (χ4v) is 3.95. The van der Waals surface area contributed by atoms with E-state index in [1.165, 1.54) is 0 Å². The van der Waals surface area contributed by atoms with Gasteiger partial charge in [0.25, 0.3) is 11.8 Å². The van der Waals surface area contributed by atoms with Crippen molar-refractivity contribution in [2.75, 3.05) is 13.2 Å². The van der Waals surface area contributed by atoms with Crippen LogP contribution in [0.3, 0.4) is 0 Å². The molecule has 4 rings (SSSR count). The second-order valence-electron chi connectivity index (χ2n) is 7.02. The first-order chi connectivity index (χ1) is 14.4. The Morgan fingerprint density at radius 2 is 1.93 bits per heavy atom. The summed E-state index contributed by atoms with van der Waals surface area (Å²) in [5, 5.41) is 5.02. The maximum atomic E-state index is 13.0. The number of benzene rings is 2. The molecule has 1 fully saturated rings. The molecule has 0 aliphatic carbocycles. The first kappa shape index (κ1) is 20.0. The third kappa shape index (κ3) is 3.53. The van der Waals surface area contributed by atoms with Gasteiger partial charge in [0.1, 0.15) is 12.4 Å². The Morgan fingerprint density at radius 3 is 2.60 bits per heavy atom. The third-order valence-corrected chi connectivity index (χ3v) is 5.68. The van der Waals surface area contributed by atoms with Crippen molar-refractivity contribution in [1.82, 2.24) is 15.5 Å². The fourth-order valence-electron chi connectivity index (χ4n) is 3.68. The number of carbonyl (C=O) groups excluding carboxylic acids is 3. The smallest absolute Gasteiger partial charge is 0.322 e. The Kier molecular flexibility index (Phi) is 5.22. The average Bonchev–Trinajstić information content (AvgIpc) is 3.18. The van der Waals surface area contributed by atoms with E-state index < -0.39 is 17.5 Å². The molecular weight excluding hydrogens is 450 g/mol. The number of urea groups is 1. The van der Waals surface area contributed by atoms with E-state index in [9.17, 15) is 14.4 Å². The lowest BCUT2D eigenvalue weighted by Gasteiger charge is -2.31. The van der Waals surface area contributed by atoms with Crippen LogP contribution in [0, 0.1) is 11.8 Å². The zero-order valence-corrected chi connectivity index (χ0v) is 17.7. The summed E-state index contributed by atoms with van der Waals surface area (Å²) in [6.45, 7) is 2.33. The minimum atomic E-state index is -1.36. The van der Waals surface area contributed by atoms with Gasteiger partial charge >= 0.3 is 6.03 Å². The van der Waals surface area contributed by atoms with E-state index in [4.69, 9.17) is 4.74 Å². The van der Waals surface area contributed by atoms with Crippen LogP contribution in [0.25, 0.3) is 0 Å². The molecule has 2 aliphatic heterocycles. The predicted octanol–water partition coefficient (Wildman–Crippen LogP) is 2.54. The van der Waals surface area contributed by atoms with Crippen LogP contribution in [-0.4, -0.2) is 35.9 Å². The number of ether oxygens (including phenoxy) is 1. The quantitative estimate of drug-likeness (QED) is 0.522. The summed E-state index contributed by atoms with van der Waals surface area (Å²) in [6.07, 6.45) is 0. The predicted molar refractivity (Wildman–Crippen MR) is 113 cm³/mol. The molecule has 152 valence electrons. The second-order valence-corrected chi connectivity index (χ2v) is 7.93. The monoisotopic (exact) mass is 467 g/mol. The van der Waals surface area contributed by atoms with E-state index >= 15 is 0 Å². The largest absolute Gasteiger partial charge is 0.481 e. The Hall–Kier alpha value is -3.31. The van der Waals surface area contributed by atoms with Gasteiger partial charge in [-0.2, -0.15) is 0 Å². The van der Waals surface area contributed by atoms with Gasteiger partial charge in [-0.25, -0.2) is 4.79 Å². The molecule has 0 unspecified atom stereocenters. The van der Waals surface area contributed by atoms with Gasteiger partial charge in [0.05, 0.1) is 6.54 Å².